The van der Waals surface area contributed by atoms with Gasteiger partial charge in [0.2, 0.25) is 5.91 Å². The van der Waals surface area contributed by atoms with Gasteiger partial charge in [-0.15, -0.1) is 0 Å². The smallest absolute Gasteiger partial charge is 0.236 e. The number of hydrogen-bond acceptors (Lipinski definition) is 3. The fourth-order valence-corrected chi connectivity index (χ4v) is 2.30. The van der Waals surface area contributed by atoms with Gasteiger partial charge in [0.05, 0.1) is 12.7 Å². The van der Waals surface area contributed by atoms with Crippen LogP contribution in [-0.2, 0) is 9.22 Å². The summed E-state index contributed by atoms with van der Waals surface area (Å²) in [6, 6.07) is 1.89. The largest absolute Gasteiger partial charge is 0.415 e. The van der Waals surface area contributed by atoms with E-state index in [4.69, 9.17) is 9.69 Å². The molecule has 0 aliphatic carbocycles. The van der Waals surface area contributed by atoms with Crippen molar-refractivity contribution in [2.24, 2.45) is 0 Å². The minimum atomic E-state index is -1.74. The van der Waals surface area contributed by atoms with Crippen molar-refractivity contribution in [3.05, 3.63) is 0 Å². The van der Waals surface area contributed by atoms with Crippen molar-refractivity contribution in [2.45, 2.75) is 52.2 Å². The second kappa shape index (κ2) is 6.91. The first-order chi connectivity index (χ1) is 8.15. The van der Waals surface area contributed by atoms with E-state index in [2.05, 4.69) is 33.9 Å². The zero-order valence-corrected chi connectivity index (χ0v) is 13.5. The lowest BCUT2D eigenvalue weighted by Gasteiger charge is -2.36. The molecule has 0 aromatic carbocycles. The maximum absolute atomic E-state index is 11.6. The molecule has 0 aromatic heterocycles. The van der Waals surface area contributed by atoms with E-state index in [1.807, 2.05) is 13.0 Å². The Morgan fingerprint density at radius 3 is 2.33 bits per heavy atom. The Kier molecular flexibility index (Phi) is 6.58. The number of nitrogens with zero attached hydrogens (tertiary/aromatic N) is 2. The third-order valence-corrected chi connectivity index (χ3v) is 8.13. The molecule has 0 heterocycles. The van der Waals surface area contributed by atoms with Gasteiger partial charge in [-0.1, -0.05) is 20.8 Å². The van der Waals surface area contributed by atoms with Crippen molar-refractivity contribution in [1.29, 1.82) is 5.26 Å². The van der Waals surface area contributed by atoms with Gasteiger partial charge in [0.15, 0.2) is 8.32 Å². The third kappa shape index (κ3) is 5.19. The van der Waals surface area contributed by atoms with Gasteiger partial charge in [-0.05, 0) is 25.1 Å². The Morgan fingerprint density at radius 2 is 1.94 bits per heavy atom. The fraction of sp³-hybridized carbons (Fsp3) is 0.846. The summed E-state index contributed by atoms with van der Waals surface area (Å²) in [4.78, 5) is 13.3. The standard InChI is InChI=1S/C13H26N2O2Si/c1-7-15(12(16)8-9-14)10-11-17-18(5,6)13(2,3)4/h7-8,10-11H2,1-6H3. The van der Waals surface area contributed by atoms with Crippen LogP contribution < -0.4 is 0 Å². The molecule has 0 saturated heterocycles. The monoisotopic (exact) mass is 270 g/mol. The summed E-state index contributed by atoms with van der Waals surface area (Å²) in [5.41, 5.74) is 0. The molecule has 0 aromatic rings. The number of hydrogen-bond donors (Lipinski definition) is 0. The van der Waals surface area contributed by atoms with Crippen molar-refractivity contribution < 1.29 is 9.22 Å². The lowest BCUT2D eigenvalue weighted by Crippen LogP contribution is -2.43. The predicted octanol–water partition coefficient (Wildman–Crippen LogP) is 2.77. The highest BCUT2D eigenvalue weighted by Gasteiger charge is 2.37. The average Bonchev–Trinajstić information content (AvgIpc) is 2.23. The molecule has 0 spiro atoms. The molecule has 1 amide bonds. The van der Waals surface area contributed by atoms with E-state index in [1.165, 1.54) is 0 Å². The molecule has 0 aliphatic heterocycles. The number of carbonyl (C=O) groups is 1. The van der Waals surface area contributed by atoms with E-state index >= 15 is 0 Å². The topological polar surface area (TPSA) is 53.3 Å². The van der Waals surface area contributed by atoms with Crippen LogP contribution in [-0.4, -0.2) is 38.8 Å². The molecular weight excluding hydrogens is 244 g/mol. The van der Waals surface area contributed by atoms with Crippen LogP contribution in [0, 0.1) is 11.3 Å². The van der Waals surface area contributed by atoms with E-state index in [9.17, 15) is 4.79 Å². The number of nitriles is 1. The maximum atomic E-state index is 11.6. The van der Waals surface area contributed by atoms with Gasteiger partial charge in [0.25, 0.3) is 0 Å². The highest BCUT2D eigenvalue weighted by Crippen LogP contribution is 2.36. The normalized spacial score (nSPS) is 12.1. The third-order valence-electron chi connectivity index (χ3n) is 3.60. The summed E-state index contributed by atoms with van der Waals surface area (Å²) in [5.74, 6) is -0.112. The second-order valence-electron chi connectivity index (χ2n) is 5.92. The van der Waals surface area contributed by atoms with E-state index < -0.39 is 8.32 Å². The quantitative estimate of drug-likeness (QED) is 0.697. The summed E-state index contributed by atoms with van der Waals surface area (Å²) in [7, 11) is -1.74. The van der Waals surface area contributed by atoms with Crippen LogP contribution in [0.2, 0.25) is 18.1 Å². The maximum Gasteiger partial charge on any atom is 0.236 e. The van der Waals surface area contributed by atoms with E-state index in [0.717, 1.165) is 0 Å². The summed E-state index contributed by atoms with van der Waals surface area (Å²) >= 11 is 0. The van der Waals surface area contributed by atoms with Crippen molar-refractivity contribution in [3.8, 4) is 6.07 Å². The SMILES string of the molecule is CCN(CCO[Si](C)(C)C(C)(C)C)C(=O)CC#N. The molecule has 0 N–H and O–H groups in total. The number of carbonyl (C=O) groups excluding carboxylic acids is 1. The molecule has 4 nitrogen and oxygen atoms in total. The van der Waals surface area contributed by atoms with Gasteiger partial charge in [-0.2, -0.15) is 5.26 Å². The summed E-state index contributed by atoms with van der Waals surface area (Å²) in [6.45, 7) is 14.6. The van der Waals surface area contributed by atoms with E-state index in [-0.39, 0.29) is 17.4 Å². The highest BCUT2D eigenvalue weighted by molar-refractivity contribution is 6.74. The second-order valence-corrected chi connectivity index (χ2v) is 10.7. The zero-order valence-electron chi connectivity index (χ0n) is 12.5. The van der Waals surface area contributed by atoms with E-state index in [1.54, 1.807) is 4.90 Å². The van der Waals surface area contributed by atoms with Gasteiger partial charge >= 0.3 is 0 Å². The molecule has 0 unspecified atom stereocenters. The van der Waals surface area contributed by atoms with E-state index in [0.29, 0.717) is 19.7 Å². The molecule has 0 radical (unpaired) electrons. The van der Waals surface area contributed by atoms with Crippen LogP contribution in [0.25, 0.3) is 0 Å². The minimum Gasteiger partial charge on any atom is -0.415 e. The van der Waals surface area contributed by atoms with Crippen LogP contribution in [0.4, 0.5) is 0 Å². The Hall–Kier alpha value is -0.863. The van der Waals surface area contributed by atoms with Crippen LogP contribution in [0.5, 0.6) is 0 Å². The first kappa shape index (κ1) is 17.1. The highest BCUT2D eigenvalue weighted by atomic mass is 28.4. The Labute approximate surface area is 112 Å². The van der Waals surface area contributed by atoms with Crippen molar-refractivity contribution in [2.75, 3.05) is 19.7 Å². The Balaban J connectivity index is 4.25. The predicted molar refractivity (Wildman–Crippen MR) is 75.6 cm³/mol. The first-order valence-corrected chi connectivity index (χ1v) is 9.35. The van der Waals surface area contributed by atoms with Crippen molar-refractivity contribution >= 4 is 14.2 Å². The summed E-state index contributed by atoms with van der Waals surface area (Å²) in [6.07, 6.45) is -0.0477. The zero-order chi connectivity index (χ0) is 14.4. The van der Waals surface area contributed by atoms with Crippen molar-refractivity contribution in [1.82, 2.24) is 4.90 Å². The molecule has 18 heavy (non-hydrogen) atoms. The molecule has 0 fully saturated rings. The fourth-order valence-electron chi connectivity index (χ4n) is 1.27. The van der Waals surface area contributed by atoms with Gasteiger partial charge < -0.3 is 9.33 Å². The number of rotatable bonds is 6. The lowest BCUT2D eigenvalue weighted by atomic mass is 10.2. The minimum absolute atomic E-state index is 0.0477. The van der Waals surface area contributed by atoms with Crippen molar-refractivity contribution in [3.63, 3.8) is 0 Å². The van der Waals surface area contributed by atoms with Gasteiger partial charge in [0.1, 0.15) is 6.42 Å². The molecule has 0 bridgehead atoms. The van der Waals surface area contributed by atoms with Crippen LogP contribution in [0.3, 0.4) is 0 Å². The van der Waals surface area contributed by atoms with Gasteiger partial charge in [-0.3, -0.25) is 4.79 Å². The molecular formula is C13H26N2O2Si. The van der Waals surface area contributed by atoms with Gasteiger partial charge in [0, 0.05) is 13.1 Å². The molecule has 0 saturated carbocycles. The number of likely N-dealkylation sites (N-methyl/N-ethyl adjacent to an activating group) is 1. The molecule has 5 heteroatoms. The molecule has 104 valence electrons. The summed E-state index contributed by atoms with van der Waals surface area (Å²) < 4.78 is 6.02. The summed E-state index contributed by atoms with van der Waals surface area (Å²) in [5, 5.41) is 8.70. The van der Waals surface area contributed by atoms with Crippen LogP contribution >= 0.6 is 0 Å². The Morgan fingerprint density at radius 1 is 1.39 bits per heavy atom. The van der Waals surface area contributed by atoms with Gasteiger partial charge in [-0.25, -0.2) is 0 Å². The molecule has 0 rings (SSSR count). The lowest BCUT2D eigenvalue weighted by molar-refractivity contribution is -0.130. The molecule has 0 atom stereocenters. The first-order valence-electron chi connectivity index (χ1n) is 6.44. The number of amides is 1. The molecule has 0 aliphatic rings. The van der Waals surface area contributed by atoms with Crippen LogP contribution in [0.15, 0.2) is 0 Å². The van der Waals surface area contributed by atoms with Crippen LogP contribution in [0.1, 0.15) is 34.1 Å². The Bertz CT molecular complexity index is 316. The average molecular weight is 270 g/mol.